The number of amides is 3. The van der Waals surface area contributed by atoms with Crippen molar-refractivity contribution in [1.29, 1.82) is 0 Å². The smallest absolute Gasteiger partial charge is 0.317 e. The van der Waals surface area contributed by atoms with Gasteiger partial charge in [0.2, 0.25) is 5.91 Å². The van der Waals surface area contributed by atoms with E-state index in [4.69, 9.17) is 9.47 Å². The fraction of sp³-hybridized carbons (Fsp3) is 0.579. The molecule has 2 heterocycles. The molecule has 1 atom stereocenters. The van der Waals surface area contributed by atoms with Gasteiger partial charge in [-0.3, -0.25) is 4.79 Å². The van der Waals surface area contributed by atoms with Crippen LogP contribution in [-0.2, 0) is 4.79 Å². The SMILES string of the molecule is COc1ccc(N2C[C@H](NC(=O)N3CCCCCC3)CC2=O)cc1OC. The molecule has 2 fully saturated rings. The molecule has 0 unspecified atom stereocenters. The Morgan fingerprint density at radius 2 is 1.77 bits per heavy atom. The number of rotatable bonds is 4. The summed E-state index contributed by atoms with van der Waals surface area (Å²) in [6, 6.07) is 5.17. The van der Waals surface area contributed by atoms with E-state index in [1.165, 1.54) is 12.8 Å². The third kappa shape index (κ3) is 4.03. The normalized spacial score (nSPS) is 20.7. The number of nitrogens with zero attached hydrogens (tertiary/aromatic N) is 2. The molecule has 0 spiro atoms. The van der Waals surface area contributed by atoms with Gasteiger partial charge in [0.05, 0.1) is 20.3 Å². The molecular formula is C19H27N3O4. The van der Waals surface area contributed by atoms with E-state index in [9.17, 15) is 9.59 Å². The lowest BCUT2D eigenvalue weighted by Crippen LogP contribution is -2.46. The van der Waals surface area contributed by atoms with Crippen molar-refractivity contribution in [2.24, 2.45) is 0 Å². The van der Waals surface area contributed by atoms with Crippen LogP contribution in [0, 0.1) is 0 Å². The fourth-order valence-electron chi connectivity index (χ4n) is 3.59. The van der Waals surface area contributed by atoms with Gasteiger partial charge in [-0.25, -0.2) is 4.79 Å². The summed E-state index contributed by atoms with van der Waals surface area (Å²) in [6.07, 6.45) is 4.77. The summed E-state index contributed by atoms with van der Waals surface area (Å²) in [6.45, 7) is 2.06. The van der Waals surface area contributed by atoms with Gasteiger partial charge in [-0.1, -0.05) is 12.8 Å². The molecule has 3 rings (SSSR count). The highest BCUT2D eigenvalue weighted by molar-refractivity contribution is 5.97. The molecule has 0 radical (unpaired) electrons. The Bertz CT molecular complexity index is 656. The lowest BCUT2D eigenvalue weighted by Gasteiger charge is -2.23. The Kier molecular flexibility index (Phi) is 5.85. The number of methoxy groups -OCH3 is 2. The minimum atomic E-state index is -0.175. The third-order valence-electron chi connectivity index (χ3n) is 5.02. The van der Waals surface area contributed by atoms with Crippen molar-refractivity contribution in [3.05, 3.63) is 18.2 Å². The van der Waals surface area contributed by atoms with Gasteiger partial charge in [0, 0.05) is 37.8 Å². The van der Waals surface area contributed by atoms with E-state index >= 15 is 0 Å². The summed E-state index contributed by atoms with van der Waals surface area (Å²) in [7, 11) is 3.14. The van der Waals surface area contributed by atoms with Gasteiger partial charge in [-0.15, -0.1) is 0 Å². The van der Waals surface area contributed by atoms with Crippen LogP contribution < -0.4 is 19.7 Å². The Labute approximate surface area is 154 Å². The first-order valence-corrected chi connectivity index (χ1v) is 9.20. The van der Waals surface area contributed by atoms with Gasteiger partial charge in [0.1, 0.15) is 0 Å². The van der Waals surface area contributed by atoms with Crippen molar-refractivity contribution < 1.29 is 19.1 Å². The lowest BCUT2D eigenvalue weighted by atomic mass is 10.2. The van der Waals surface area contributed by atoms with Crippen LogP contribution in [0.15, 0.2) is 18.2 Å². The Balaban J connectivity index is 1.64. The highest BCUT2D eigenvalue weighted by atomic mass is 16.5. The van der Waals surface area contributed by atoms with Crippen LogP contribution in [0.5, 0.6) is 11.5 Å². The summed E-state index contributed by atoms with van der Waals surface area (Å²) in [4.78, 5) is 28.5. The Hall–Kier alpha value is -2.44. The number of nitrogens with one attached hydrogen (secondary N) is 1. The summed E-state index contributed by atoms with van der Waals surface area (Å²) in [5.74, 6) is 1.20. The maximum atomic E-state index is 12.5. The van der Waals surface area contributed by atoms with Crippen LogP contribution in [0.1, 0.15) is 32.1 Å². The number of benzene rings is 1. The molecule has 2 saturated heterocycles. The average Bonchev–Trinajstić information content (AvgIpc) is 2.86. The second-order valence-electron chi connectivity index (χ2n) is 6.80. The zero-order valence-electron chi connectivity index (χ0n) is 15.5. The predicted octanol–water partition coefficient (Wildman–Crippen LogP) is 2.39. The number of anilines is 1. The fourth-order valence-corrected chi connectivity index (χ4v) is 3.59. The van der Waals surface area contributed by atoms with Crippen LogP contribution in [0.25, 0.3) is 0 Å². The van der Waals surface area contributed by atoms with Gasteiger partial charge in [0.15, 0.2) is 11.5 Å². The van der Waals surface area contributed by atoms with E-state index in [1.807, 2.05) is 11.0 Å². The largest absolute Gasteiger partial charge is 0.493 e. The van der Waals surface area contributed by atoms with E-state index in [0.717, 1.165) is 31.6 Å². The standard InChI is InChI=1S/C19H27N3O4/c1-25-16-8-7-15(12-17(16)26-2)22-13-14(11-18(22)23)20-19(24)21-9-5-3-4-6-10-21/h7-8,12,14H,3-6,9-11,13H2,1-2H3,(H,20,24)/t14-/m1/s1. The van der Waals surface area contributed by atoms with E-state index in [0.29, 0.717) is 24.5 Å². The molecule has 0 bridgehead atoms. The van der Waals surface area contributed by atoms with Crippen LogP contribution >= 0.6 is 0 Å². The number of likely N-dealkylation sites (tertiary alicyclic amines) is 1. The van der Waals surface area contributed by atoms with Gasteiger partial charge in [-0.2, -0.15) is 0 Å². The second-order valence-corrected chi connectivity index (χ2v) is 6.80. The van der Waals surface area contributed by atoms with Gasteiger partial charge < -0.3 is 24.6 Å². The van der Waals surface area contributed by atoms with Crippen LogP contribution in [0.4, 0.5) is 10.5 Å². The molecule has 1 aromatic rings. The number of hydrogen-bond donors (Lipinski definition) is 1. The highest BCUT2D eigenvalue weighted by Crippen LogP contribution is 2.33. The van der Waals surface area contributed by atoms with Crippen molar-refractivity contribution in [2.45, 2.75) is 38.1 Å². The lowest BCUT2D eigenvalue weighted by molar-refractivity contribution is -0.117. The minimum Gasteiger partial charge on any atom is -0.493 e. The Morgan fingerprint density at radius 3 is 2.42 bits per heavy atom. The van der Waals surface area contributed by atoms with Gasteiger partial charge in [0.25, 0.3) is 0 Å². The molecule has 2 aliphatic heterocycles. The quantitative estimate of drug-likeness (QED) is 0.894. The van der Waals surface area contributed by atoms with Crippen molar-refractivity contribution >= 4 is 17.6 Å². The molecular weight excluding hydrogens is 334 g/mol. The number of carbonyl (C=O) groups excluding carboxylic acids is 2. The summed E-state index contributed by atoms with van der Waals surface area (Å²) in [5.41, 5.74) is 0.749. The first kappa shape index (κ1) is 18.4. The van der Waals surface area contributed by atoms with E-state index in [-0.39, 0.29) is 18.0 Å². The van der Waals surface area contributed by atoms with Crippen molar-refractivity contribution in [2.75, 3.05) is 38.8 Å². The van der Waals surface area contributed by atoms with Crippen LogP contribution in [0.3, 0.4) is 0 Å². The summed E-state index contributed by atoms with van der Waals surface area (Å²) < 4.78 is 10.6. The highest BCUT2D eigenvalue weighted by Gasteiger charge is 2.33. The molecule has 26 heavy (non-hydrogen) atoms. The maximum Gasteiger partial charge on any atom is 0.317 e. The Morgan fingerprint density at radius 1 is 1.08 bits per heavy atom. The monoisotopic (exact) mass is 361 g/mol. The van der Waals surface area contributed by atoms with Crippen LogP contribution in [0.2, 0.25) is 0 Å². The number of ether oxygens (including phenoxy) is 2. The topological polar surface area (TPSA) is 71.1 Å². The third-order valence-corrected chi connectivity index (χ3v) is 5.02. The molecule has 142 valence electrons. The van der Waals surface area contributed by atoms with Gasteiger partial charge >= 0.3 is 6.03 Å². The molecule has 3 amide bonds. The van der Waals surface area contributed by atoms with E-state index in [1.54, 1.807) is 31.3 Å². The molecule has 0 aromatic heterocycles. The van der Waals surface area contributed by atoms with E-state index < -0.39 is 0 Å². The maximum absolute atomic E-state index is 12.5. The second kappa shape index (κ2) is 8.29. The molecule has 7 heteroatoms. The number of hydrogen-bond acceptors (Lipinski definition) is 4. The summed E-state index contributed by atoms with van der Waals surface area (Å²) in [5, 5.41) is 3.03. The van der Waals surface area contributed by atoms with Crippen molar-refractivity contribution in [3.8, 4) is 11.5 Å². The first-order chi connectivity index (χ1) is 12.6. The molecule has 7 nitrogen and oxygen atoms in total. The zero-order chi connectivity index (χ0) is 18.5. The molecule has 1 aromatic carbocycles. The molecule has 1 N–H and O–H groups in total. The van der Waals surface area contributed by atoms with Crippen molar-refractivity contribution in [3.63, 3.8) is 0 Å². The molecule has 0 aliphatic carbocycles. The van der Waals surface area contributed by atoms with E-state index in [2.05, 4.69) is 5.32 Å². The number of carbonyl (C=O) groups is 2. The van der Waals surface area contributed by atoms with Gasteiger partial charge in [-0.05, 0) is 25.0 Å². The number of urea groups is 1. The summed E-state index contributed by atoms with van der Waals surface area (Å²) >= 11 is 0. The zero-order valence-corrected chi connectivity index (χ0v) is 15.5. The molecule has 2 aliphatic rings. The molecule has 0 saturated carbocycles. The predicted molar refractivity (Wildman–Crippen MR) is 98.9 cm³/mol. The average molecular weight is 361 g/mol. The minimum absolute atomic E-state index is 0.00149. The van der Waals surface area contributed by atoms with Crippen molar-refractivity contribution in [1.82, 2.24) is 10.2 Å². The van der Waals surface area contributed by atoms with Crippen LogP contribution in [-0.4, -0.2) is 56.7 Å². The first-order valence-electron chi connectivity index (χ1n) is 9.20.